The van der Waals surface area contributed by atoms with Crippen molar-refractivity contribution >= 4 is 29.1 Å². The van der Waals surface area contributed by atoms with Gasteiger partial charge < -0.3 is 0 Å². The van der Waals surface area contributed by atoms with E-state index in [1.807, 2.05) is 0 Å². The number of alkyl halides is 4. The highest BCUT2D eigenvalue weighted by Gasteiger charge is 2.30. The summed E-state index contributed by atoms with van der Waals surface area (Å²) >= 11 is 5.21. The van der Waals surface area contributed by atoms with Gasteiger partial charge in [0.15, 0.2) is 0 Å². The third-order valence-corrected chi connectivity index (χ3v) is 3.18. The van der Waals surface area contributed by atoms with Crippen LogP contribution < -0.4 is 0 Å². The van der Waals surface area contributed by atoms with Crippen LogP contribution in [0.25, 0.3) is 0 Å². The fourth-order valence-electron chi connectivity index (χ4n) is 1.36. The highest BCUT2D eigenvalue weighted by Crippen LogP contribution is 2.39. The van der Waals surface area contributed by atoms with Gasteiger partial charge in [0.25, 0.3) is 5.69 Å². The van der Waals surface area contributed by atoms with Gasteiger partial charge in [0.2, 0.25) is 0 Å². The van der Waals surface area contributed by atoms with Crippen LogP contribution in [0.3, 0.4) is 0 Å². The molecule has 0 aromatic heterocycles. The Morgan fingerprint density at radius 1 is 1.39 bits per heavy atom. The maximum atomic E-state index is 12.3. The van der Waals surface area contributed by atoms with Gasteiger partial charge in [-0.1, -0.05) is 0 Å². The van der Waals surface area contributed by atoms with Gasteiger partial charge in [-0.25, -0.2) is 0 Å². The summed E-state index contributed by atoms with van der Waals surface area (Å²) in [5.41, 5.74) is -4.33. The van der Waals surface area contributed by atoms with Gasteiger partial charge in [-0.15, -0.1) is 11.6 Å². The zero-order valence-electron chi connectivity index (χ0n) is 9.04. The van der Waals surface area contributed by atoms with E-state index in [2.05, 4.69) is 0 Å². The molecule has 0 saturated carbocycles. The van der Waals surface area contributed by atoms with Crippen LogP contribution in [0.2, 0.25) is 0 Å². The van der Waals surface area contributed by atoms with Gasteiger partial charge in [-0.3, -0.25) is 10.1 Å². The molecular formula is C10H9ClF3NO2S. The van der Waals surface area contributed by atoms with Crippen molar-refractivity contribution in [3.05, 3.63) is 33.9 Å². The van der Waals surface area contributed by atoms with E-state index in [1.54, 1.807) is 0 Å². The minimum atomic E-state index is -4.41. The van der Waals surface area contributed by atoms with Crippen LogP contribution in [0.15, 0.2) is 23.1 Å². The molecule has 0 amide bonds. The van der Waals surface area contributed by atoms with Gasteiger partial charge in [-0.05, 0) is 36.2 Å². The predicted molar refractivity (Wildman–Crippen MR) is 64.0 cm³/mol. The standard InChI is InChI=1S/C10H9ClF3NO2S/c11-5-1-2-7-6-8(15(16)17)3-4-9(7)18-10(12,13)14/h3-4,6H,1-2,5H2. The van der Waals surface area contributed by atoms with Gasteiger partial charge in [-0.2, -0.15) is 13.2 Å². The van der Waals surface area contributed by atoms with Gasteiger partial charge >= 0.3 is 5.51 Å². The summed E-state index contributed by atoms with van der Waals surface area (Å²) in [6.07, 6.45) is 0.748. The van der Waals surface area contributed by atoms with E-state index in [0.717, 1.165) is 12.1 Å². The van der Waals surface area contributed by atoms with Gasteiger partial charge in [0, 0.05) is 22.9 Å². The van der Waals surface area contributed by atoms with Crippen LogP contribution in [-0.4, -0.2) is 16.3 Å². The summed E-state index contributed by atoms with van der Waals surface area (Å²) in [4.78, 5) is 9.93. The number of nitro groups is 1. The predicted octanol–water partition coefficient (Wildman–Crippen LogP) is 4.38. The summed E-state index contributed by atoms with van der Waals surface area (Å²) in [6.45, 7) is 0. The van der Waals surface area contributed by atoms with E-state index in [9.17, 15) is 23.3 Å². The summed E-state index contributed by atoms with van der Waals surface area (Å²) in [6, 6.07) is 3.36. The second-order valence-electron chi connectivity index (χ2n) is 3.39. The summed E-state index contributed by atoms with van der Waals surface area (Å²) in [7, 11) is 0. The average Bonchev–Trinajstić information content (AvgIpc) is 2.25. The number of hydrogen-bond donors (Lipinski definition) is 0. The lowest BCUT2D eigenvalue weighted by Gasteiger charge is -2.10. The number of non-ortho nitro benzene ring substituents is 1. The first kappa shape index (κ1) is 15.1. The van der Waals surface area contributed by atoms with Crippen LogP contribution >= 0.6 is 23.4 Å². The zero-order chi connectivity index (χ0) is 13.8. The maximum absolute atomic E-state index is 12.3. The molecule has 1 aromatic rings. The Labute approximate surface area is 110 Å². The Balaban J connectivity index is 3.04. The summed E-state index contributed by atoms with van der Waals surface area (Å²) < 4.78 is 36.9. The molecule has 1 aromatic carbocycles. The number of nitrogens with zero attached hydrogens (tertiary/aromatic N) is 1. The smallest absolute Gasteiger partial charge is 0.258 e. The first-order valence-electron chi connectivity index (χ1n) is 4.92. The van der Waals surface area contributed by atoms with Crippen LogP contribution in [0, 0.1) is 10.1 Å². The number of rotatable bonds is 5. The molecule has 0 heterocycles. The van der Waals surface area contributed by atoms with Crippen LogP contribution in [0.4, 0.5) is 18.9 Å². The van der Waals surface area contributed by atoms with E-state index >= 15 is 0 Å². The molecule has 0 unspecified atom stereocenters. The molecular weight excluding hydrogens is 291 g/mol. The Morgan fingerprint density at radius 3 is 2.56 bits per heavy atom. The molecule has 8 heteroatoms. The van der Waals surface area contributed by atoms with Crippen molar-refractivity contribution in [1.82, 2.24) is 0 Å². The van der Waals surface area contributed by atoms with Crippen molar-refractivity contribution in [3.63, 3.8) is 0 Å². The first-order valence-corrected chi connectivity index (χ1v) is 6.27. The van der Waals surface area contributed by atoms with E-state index in [0.29, 0.717) is 17.9 Å². The number of nitro benzene ring substituents is 1. The Kier molecular flexibility index (Phi) is 5.28. The molecule has 0 fully saturated rings. The summed E-state index contributed by atoms with van der Waals surface area (Å²) in [5.74, 6) is 0.290. The second-order valence-corrected chi connectivity index (χ2v) is 4.87. The van der Waals surface area contributed by atoms with Crippen LogP contribution in [0.1, 0.15) is 12.0 Å². The Hall–Kier alpha value is -0.950. The SMILES string of the molecule is O=[N+]([O-])c1ccc(SC(F)(F)F)c(CCCCl)c1. The quantitative estimate of drug-likeness (QED) is 0.351. The number of thioether (sulfide) groups is 1. The van der Waals surface area contributed by atoms with Crippen molar-refractivity contribution in [2.75, 3.05) is 5.88 Å². The molecule has 3 nitrogen and oxygen atoms in total. The van der Waals surface area contributed by atoms with Crippen LogP contribution in [-0.2, 0) is 6.42 Å². The number of halogens is 4. The molecule has 100 valence electrons. The molecule has 0 radical (unpaired) electrons. The van der Waals surface area contributed by atoms with E-state index in [-0.39, 0.29) is 28.8 Å². The van der Waals surface area contributed by atoms with Crippen LogP contribution in [0.5, 0.6) is 0 Å². The fraction of sp³-hybridized carbons (Fsp3) is 0.400. The topological polar surface area (TPSA) is 43.1 Å². The maximum Gasteiger partial charge on any atom is 0.446 e. The zero-order valence-corrected chi connectivity index (χ0v) is 10.6. The molecule has 0 aliphatic carbocycles. The first-order chi connectivity index (χ1) is 8.33. The monoisotopic (exact) mass is 299 g/mol. The molecule has 0 aliphatic heterocycles. The van der Waals surface area contributed by atoms with E-state index < -0.39 is 10.4 Å². The minimum Gasteiger partial charge on any atom is -0.258 e. The van der Waals surface area contributed by atoms with E-state index in [4.69, 9.17) is 11.6 Å². The van der Waals surface area contributed by atoms with Crippen molar-refractivity contribution in [3.8, 4) is 0 Å². The molecule has 18 heavy (non-hydrogen) atoms. The largest absolute Gasteiger partial charge is 0.446 e. The molecule has 0 bridgehead atoms. The third kappa shape index (κ3) is 4.73. The van der Waals surface area contributed by atoms with E-state index in [1.165, 1.54) is 6.07 Å². The number of aryl methyl sites for hydroxylation is 1. The van der Waals surface area contributed by atoms with Crippen molar-refractivity contribution in [2.24, 2.45) is 0 Å². The second kappa shape index (κ2) is 6.29. The lowest BCUT2D eigenvalue weighted by Crippen LogP contribution is -2.02. The number of hydrogen-bond acceptors (Lipinski definition) is 3. The van der Waals surface area contributed by atoms with Gasteiger partial charge in [0.05, 0.1) is 4.92 Å². The van der Waals surface area contributed by atoms with Crippen molar-refractivity contribution < 1.29 is 18.1 Å². The highest BCUT2D eigenvalue weighted by atomic mass is 35.5. The van der Waals surface area contributed by atoms with Crippen molar-refractivity contribution in [2.45, 2.75) is 23.2 Å². The van der Waals surface area contributed by atoms with Gasteiger partial charge in [0.1, 0.15) is 0 Å². The van der Waals surface area contributed by atoms with Crippen molar-refractivity contribution in [1.29, 1.82) is 0 Å². The minimum absolute atomic E-state index is 0.0155. The molecule has 0 aliphatic rings. The lowest BCUT2D eigenvalue weighted by molar-refractivity contribution is -0.385. The number of benzene rings is 1. The molecule has 1 rings (SSSR count). The molecule has 0 spiro atoms. The molecule has 0 atom stereocenters. The summed E-state index contributed by atoms with van der Waals surface area (Å²) in [5, 5.41) is 10.6. The lowest BCUT2D eigenvalue weighted by atomic mass is 10.1. The highest BCUT2D eigenvalue weighted by molar-refractivity contribution is 8.00. The Bertz CT molecular complexity index is 440. The average molecular weight is 300 g/mol. The third-order valence-electron chi connectivity index (χ3n) is 2.06. The molecule has 0 N–H and O–H groups in total. The molecule has 0 saturated heterocycles. The Morgan fingerprint density at radius 2 is 2.06 bits per heavy atom. The normalized spacial score (nSPS) is 11.6. The fourth-order valence-corrected chi connectivity index (χ4v) is 2.17.